The van der Waals surface area contributed by atoms with Crippen molar-refractivity contribution in [2.45, 2.75) is 45.7 Å². The zero-order chi connectivity index (χ0) is 21.2. The summed E-state index contributed by atoms with van der Waals surface area (Å²) in [6, 6.07) is 5.70. The quantitative estimate of drug-likeness (QED) is 0.271. The van der Waals surface area contributed by atoms with Gasteiger partial charge in [-0.05, 0) is 18.9 Å². The van der Waals surface area contributed by atoms with Crippen molar-refractivity contribution in [1.29, 1.82) is 0 Å². The molecule has 2 N–H and O–H groups in total. The maximum Gasteiger partial charge on any atom is 0.191 e. The van der Waals surface area contributed by atoms with Crippen molar-refractivity contribution in [2.24, 2.45) is 4.99 Å². The lowest BCUT2D eigenvalue weighted by Crippen LogP contribution is -2.36. The van der Waals surface area contributed by atoms with Gasteiger partial charge in [0.1, 0.15) is 5.75 Å². The first-order chi connectivity index (χ1) is 14.1. The van der Waals surface area contributed by atoms with E-state index in [0.717, 1.165) is 29.9 Å². The van der Waals surface area contributed by atoms with E-state index in [4.69, 9.17) is 18.7 Å². The van der Waals surface area contributed by atoms with E-state index in [1.54, 1.807) is 34.4 Å². The van der Waals surface area contributed by atoms with Crippen molar-refractivity contribution in [1.82, 2.24) is 15.8 Å². The van der Waals surface area contributed by atoms with Gasteiger partial charge in [0.25, 0.3) is 0 Å². The van der Waals surface area contributed by atoms with Crippen LogP contribution in [0.1, 0.15) is 49.6 Å². The summed E-state index contributed by atoms with van der Waals surface area (Å²) in [6.45, 7) is 5.32. The van der Waals surface area contributed by atoms with Gasteiger partial charge in [-0.15, -0.1) is 24.0 Å². The number of ether oxygens (including phenoxy) is 3. The zero-order valence-electron chi connectivity index (χ0n) is 18.6. The number of benzene rings is 1. The highest BCUT2D eigenvalue weighted by atomic mass is 127. The van der Waals surface area contributed by atoms with E-state index < -0.39 is 0 Å². The number of hydrogen-bond acceptors (Lipinski definition) is 6. The molecule has 2 rings (SSSR count). The van der Waals surface area contributed by atoms with Gasteiger partial charge in [0, 0.05) is 37.2 Å². The smallest absolute Gasteiger partial charge is 0.191 e. The molecule has 1 aromatic carbocycles. The van der Waals surface area contributed by atoms with Crippen LogP contribution < -0.4 is 24.8 Å². The summed E-state index contributed by atoms with van der Waals surface area (Å²) in [5.41, 5.74) is 1.92. The highest BCUT2D eigenvalue weighted by Gasteiger charge is 2.14. The Balaban J connectivity index is 0.00000450. The molecule has 1 heterocycles. The molecule has 0 amide bonds. The third-order valence-electron chi connectivity index (χ3n) is 4.87. The third kappa shape index (κ3) is 6.68. The lowest BCUT2D eigenvalue weighted by atomic mass is 9.99. The van der Waals surface area contributed by atoms with Crippen LogP contribution in [0.25, 0.3) is 0 Å². The summed E-state index contributed by atoms with van der Waals surface area (Å²) in [5, 5.41) is 10.7. The number of methoxy groups -OCH3 is 3. The molecular weight excluding hydrogens is 499 g/mol. The molecule has 30 heavy (non-hydrogen) atoms. The average molecular weight is 532 g/mol. The molecule has 0 fully saturated rings. The average Bonchev–Trinajstić information content (AvgIpc) is 3.22. The standard InChI is InChI=1S/C21H32N4O4.HI/c1-7-14(8-2)17-10-16(29-25-17)13-24-21(22-3)23-12-15-9-19(27-5)20(28-6)11-18(15)26-4;/h9-11,14H,7-8,12-13H2,1-6H3,(H2,22,23,24);1H. The second-order valence-electron chi connectivity index (χ2n) is 6.53. The van der Waals surface area contributed by atoms with Crippen LogP contribution in [0.2, 0.25) is 0 Å². The van der Waals surface area contributed by atoms with Crippen molar-refractivity contribution in [3.05, 3.63) is 35.2 Å². The van der Waals surface area contributed by atoms with Crippen molar-refractivity contribution < 1.29 is 18.7 Å². The maximum atomic E-state index is 5.47. The van der Waals surface area contributed by atoms with E-state index in [-0.39, 0.29) is 24.0 Å². The molecular formula is C21H33IN4O4. The van der Waals surface area contributed by atoms with Crippen LogP contribution in [0.3, 0.4) is 0 Å². The number of nitrogens with zero attached hydrogens (tertiary/aromatic N) is 2. The van der Waals surface area contributed by atoms with Gasteiger partial charge in [0.2, 0.25) is 0 Å². The van der Waals surface area contributed by atoms with E-state index in [1.165, 1.54) is 0 Å². The van der Waals surface area contributed by atoms with Crippen LogP contribution >= 0.6 is 24.0 Å². The number of nitrogens with one attached hydrogen (secondary N) is 2. The van der Waals surface area contributed by atoms with Crippen LogP contribution in [0.4, 0.5) is 0 Å². The molecule has 0 saturated heterocycles. The monoisotopic (exact) mass is 532 g/mol. The molecule has 9 heteroatoms. The number of halogens is 1. The van der Waals surface area contributed by atoms with Gasteiger partial charge < -0.3 is 29.4 Å². The highest BCUT2D eigenvalue weighted by Crippen LogP contribution is 2.34. The largest absolute Gasteiger partial charge is 0.496 e. The first-order valence-electron chi connectivity index (χ1n) is 9.78. The van der Waals surface area contributed by atoms with E-state index in [9.17, 15) is 0 Å². The Morgan fingerprint density at radius 1 is 0.967 bits per heavy atom. The Labute approximate surface area is 195 Å². The second-order valence-corrected chi connectivity index (χ2v) is 6.53. The van der Waals surface area contributed by atoms with E-state index in [2.05, 4.69) is 34.6 Å². The number of aliphatic imine (C=N–C) groups is 1. The molecule has 1 aromatic heterocycles. The Bertz CT molecular complexity index is 806. The van der Waals surface area contributed by atoms with Gasteiger partial charge in [0.15, 0.2) is 23.2 Å². The molecule has 0 radical (unpaired) electrons. The van der Waals surface area contributed by atoms with Gasteiger partial charge in [-0.3, -0.25) is 4.99 Å². The molecule has 2 aromatic rings. The van der Waals surface area contributed by atoms with Crippen LogP contribution in [-0.4, -0.2) is 39.5 Å². The molecule has 0 unspecified atom stereocenters. The molecule has 0 spiro atoms. The fraction of sp³-hybridized carbons (Fsp3) is 0.524. The number of guanidine groups is 1. The Kier molecular flexibility index (Phi) is 11.4. The lowest BCUT2D eigenvalue weighted by molar-refractivity contribution is 0.347. The van der Waals surface area contributed by atoms with E-state index >= 15 is 0 Å². The van der Waals surface area contributed by atoms with Gasteiger partial charge in [-0.25, -0.2) is 0 Å². The minimum atomic E-state index is 0. The van der Waals surface area contributed by atoms with Crippen LogP contribution in [0.15, 0.2) is 27.7 Å². The molecule has 168 valence electrons. The number of rotatable bonds is 10. The summed E-state index contributed by atoms with van der Waals surface area (Å²) < 4.78 is 21.6. The van der Waals surface area contributed by atoms with Crippen LogP contribution in [0, 0.1) is 0 Å². The van der Waals surface area contributed by atoms with Crippen molar-refractivity contribution in [2.75, 3.05) is 28.4 Å². The van der Waals surface area contributed by atoms with Gasteiger partial charge in [-0.2, -0.15) is 0 Å². The Morgan fingerprint density at radius 2 is 1.57 bits per heavy atom. The minimum absolute atomic E-state index is 0. The topological polar surface area (TPSA) is 90.1 Å². The number of hydrogen-bond donors (Lipinski definition) is 2. The van der Waals surface area contributed by atoms with Crippen LogP contribution in [-0.2, 0) is 13.1 Å². The fourth-order valence-corrected chi connectivity index (χ4v) is 3.11. The molecule has 0 aliphatic rings. The summed E-state index contributed by atoms with van der Waals surface area (Å²) in [6.07, 6.45) is 2.10. The van der Waals surface area contributed by atoms with Gasteiger partial charge in [0.05, 0.1) is 33.6 Å². The van der Waals surface area contributed by atoms with Crippen molar-refractivity contribution in [3.63, 3.8) is 0 Å². The second kappa shape index (κ2) is 13.2. The summed E-state index contributed by atoms with van der Waals surface area (Å²) in [5.74, 6) is 3.82. The fourth-order valence-electron chi connectivity index (χ4n) is 3.11. The SMILES string of the molecule is CCC(CC)c1cc(CNC(=NC)NCc2cc(OC)c(OC)cc2OC)on1.I. The molecule has 0 saturated carbocycles. The van der Waals surface area contributed by atoms with Crippen LogP contribution in [0.5, 0.6) is 17.2 Å². The summed E-state index contributed by atoms with van der Waals surface area (Å²) in [4.78, 5) is 4.26. The summed E-state index contributed by atoms with van der Waals surface area (Å²) >= 11 is 0. The van der Waals surface area contributed by atoms with Gasteiger partial charge >= 0.3 is 0 Å². The molecule has 0 aliphatic heterocycles. The predicted octanol–water partition coefficient (Wildman–Crippen LogP) is 4.09. The van der Waals surface area contributed by atoms with Crippen molar-refractivity contribution in [3.8, 4) is 17.2 Å². The van der Waals surface area contributed by atoms with Gasteiger partial charge in [-0.1, -0.05) is 19.0 Å². The first-order valence-corrected chi connectivity index (χ1v) is 9.78. The molecule has 0 bridgehead atoms. The molecule has 8 nitrogen and oxygen atoms in total. The predicted molar refractivity (Wildman–Crippen MR) is 128 cm³/mol. The Hall–Kier alpha value is -2.17. The highest BCUT2D eigenvalue weighted by molar-refractivity contribution is 14.0. The molecule has 0 aliphatic carbocycles. The van der Waals surface area contributed by atoms with E-state index in [0.29, 0.717) is 42.2 Å². The normalized spacial score (nSPS) is 11.1. The first kappa shape index (κ1) is 25.9. The van der Waals surface area contributed by atoms with E-state index in [1.807, 2.05) is 12.1 Å². The minimum Gasteiger partial charge on any atom is -0.496 e. The zero-order valence-corrected chi connectivity index (χ0v) is 20.9. The lowest BCUT2D eigenvalue weighted by Gasteiger charge is -2.16. The van der Waals surface area contributed by atoms with Crippen molar-refractivity contribution >= 4 is 29.9 Å². The Morgan fingerprint density at radius 3 is 2.13 bits per heavy atom. The summed E-state index contributed by atoms with van der Waals surface area (Å²) in [7, 11) is 6.55. The molecule has 0 atom stereocenters. The maximum absolute atomic E-state index is 5.47. The third-order valence-corrected chi connectivity index (χ3v) is 4.87. The number of aromatic nitrogens is 1.